The van der Waals surface area contributed by atoms with Crippen LogP contribution >= 0.6 is 11.6 Å². The molecule has 0 N–H and O–H groups in total. The van der Waals surface area contributed by atoms with Gasteiger partial charge in [0.25, 0.3) is 0 Å². The second-order valence-corrected chi connectivity index (χ2v) is 5.36. The first kappa shape index (κ1) is 16.0. The molecular formula is C18H17ClN2O. The summed E-state index contributed by atoms with van der Waals surface area (Å²) in [5.74, 6) is -0.0772. The molecule has 2 aromatic rings. The van der Waals surface area contributed by atoms with Crippen molar-refractivity contribution in [3.05, 3.63) is 71.0 Å². The fourth-order valence-corrected chi connectivity index (χ4v) is 1.89. The van der Waals surface area contributed by atoms with E-state index in [0.29, 0.717) is 5.15 Å². The molecule has 0 radical (unpaired) electrons. The third-order valence-corrected chi connectivity index (χ3v) is 3.26. The second kappa shape index (κ2) is 7.57. The summed E-state index contributed by atoms with van der Waals surface area (Å²) in [4.78, 5) is 17.8. The zero-order chi connectivity index (χ0) is 15.9. The van der Waals surface area contributed by atoms with E-state index in [2.05, 4.69) is 4.98 Å². The van der Waals surface area contributed by atoms with Crippen LogP contribution in [0.4, 0.5) is 5.69 Å². The summed E-state index contributed by atoms with van der Waals surface area (Å²) in [7, 11) is 3.98. The number of allylic oxidation sites excluding steroid dienone is 2. The standard InChI is InChI=1S/C18H17ClN2O/c1-21(2)16-8-3-14(4-9-16)5-10-17(22)11-6-15-7-12-18(19)20-13-15/h3-13H,1-2H3/b10-5+,11-6+. The number of ketones is 1. The number of hydrogen-bond acceptors (Lipinski definition) is 3. The zero-order valence-electron chi connectivity index (χ0n) is 12.5. The Morgan fingerprint density at radius 2 is 1.59 bits per heavy atom. The average molecular weight is 313 g/mol. The van der Waals surface area contributed by atoms with Gasteiger partial charge in [0.1, 0.15) is 5.15 Å². The van der Waals surface area contributed by atoms with Gasteiger partial charge in [-0.05, 0) is 47.6 Å². The third-order valence-electron chi connectivity index (χ3n) is 3.04. The molecule has 1 aromatic carbocycles. The summed E-state index contributed by atoms with van der Waals surface area (Å²) in [6, 6.07) is 11.5. The molecular weight excluding hydrogens is 296 g/mol. The van der Waals surface area contributed by atoms with E-state index in [1.54, 1.807) is 30.5 Å². The molecule has 2 rings (SSSR count). The number of hydrogen-bond donors (Lipinski definition) is 0. The van der Waals surface area contributed by atoms with Crippen molar-refractivity contribution in [2.24, 2.45) is 0 Å². The van der Waals surface area contributed by atoms with Crippen LogP contribution in [0.25, 0.3) is 12.2 Å². The Balaban J connectivity index is 1.97. The van der Waals surface area contributed by atoms with Crippen molar-refractivity contribution in [2.75, 3.05) is 19.0 Å². The van der Waals surface area contributed by atoms with Gasteiger partial charge in [0.2, 0.25) is 0 Å². The van der Waals surface area contributed by atoms with Crippen molar-refractivity contribution in [2.45, 2.75) is 0 Å². The van der Waals surface area contributed by atoms with Crippen LogP contribution < -0.4 is 4.90 Å². The molecule has 0 aliphatic heterocycles. The molecule has 0 aliphatic carbocycles. The van der Waals surface area contributed by atoms with Crippen molar-refractivity contribution in [1.29, 1.82) is 0 Å². The SMILES string of the molecule is CN(C)c1ccc(/C=C/C(=O)/C=C/c2ccc(Cl)nc2)cc1. The lowest BCUT2D eigenvalue weighted by molar-refractivity contribution is -0.110. The third kappa shape index (κ3) is 4.86. The summed E-state index contributed by atoms with van der Waals surface area (Å²) >= 11 is 5.71. The van der Waals surface area contributed by atoms with Crippen molar-refractivity contribution in [1.82, 2.24) is 4.98 Å². The molecule has 1 heterocycles. The van der Waals surface area contributed by atoms with Crippen molar-refractivity contribution in [3.8, 4) is 0 Å². The van der Waals surface area contributed by atoms with Gasteiger partial charge in [0, 0.05) is 26.0 Å². The maximum Gasteiger partial charge on any atom is 0.178 e. The Hall–Kier alpha value is -2.39. The average Bonchev–Trinajstić information content (AvgIpc) is 2.52. The van der Waals surface area contributed by atoms with Crippen molar-refractivity contribution >= 4 is 35.2 Å². The van der Waals surface area contributed by atoms with Crippen LogP contribution in [-0.4, -0.2) is 24.9 Å². The molecule has 1 aromatic heterocycles. The number of benzene rings is 1. The Bertz CT molecular complexity index is 686. The van der Waals surface area contributed by atoms with E-state index in [1.165, 1.54) is 6.08 Å². The van der Waals surface area contributed by atoms with Gasteiger partial charge in [-0.2, -0.15) is 0 Å². The topological polar surface area (TPSA) is 33.2 Å². The summed E-state index contributed by atoms with van der Waals surface area (Å²) in [6.07, 6.45) is 8.19. The first-order valence-electron chi connectivity index (χ1n) is 6.84. The highest BCUT2D eigenvalue weighted by molar-refractivity contribution is 6.29. The monoisotopic (exact) mass is 312 g/mol. The van der Waals surface area contributed by atoms with Crippen molar-refractivity contribution in [3.63, 3.8) is 0 Å². The zero-order valence-corrected chi connectivity index (χ0v) is 13.3. The number of nitrogens with zero attached hydrogens (tertiary/aromatic N) is 2. The van der Waals surface area contributed by atoms with E-state index in [4.69, 9.17) is 11.6 Å². The molecule has 0 amide bonds. The summed E-state index contributed by atoms with van der Waals surface area (Å²) in [5.41, 5.74) is 2.95. The number of aromatic nitrogens is 1. The number of rotatable bonds is 5. The van der Waals surface area contributed by atoms with Gasteiger partial charge in [0.05, 0.1) is 0 Å². The summed E-state index contributed by atoms with van der Waals surface area (Å²) < 4.78 is 0. The van der Waals surface area contributed by atoms with Crippen LogP contribution in [0.1, 0.15) is 11.1 Å². The molecule has 0 saturated carbocycles. The predicted octanol–water partition coefficient (Wildman–Crippen LogP) is 4.10. The Morgan fingerprint density at radius 1 is 1.00 bits per heavy atom. The highest BCUT2D eigenvalue weighted by Crippen LogP contribution is 2.13. The first-order valence-corrected chi connectivity index (χ1v) is 7.21. The minimum Gasteiger partial charge on any atom is -0.378 e. The van der Waals surface area contributed by atoms with Crippen LogP contribution in [0.3, 0.4) is 0 Å². The fourth-order valence-electron chi connectivity index (χ4n) is 1.78. The lowest BCUT2D eigenvalue weighted by Gasteiger charge is -2.11. The van der Waals surface area contributed by atoms with Crippen LogP contribution in [0.15, 0.2) is 54.7 Å². The van der Waals surface area contributed by atoms with Gasteiger partial charge >= 0.3 is 0 Å². The van der Waals surface area contributed by atoms with Gasteiger partial charge < -0.3 is 4.90 Å². The molecule has 0 spiro atoms. The maximum absolute atomic E-state index is 11.8. The van der Waals surface area contributed by atoms with Crippen LogP contribution in [0, 0.1) is 0 Å². The van der Waals surface area contributed by atoms with Crippen LogP contribution in [0.2, 0.25) is 5.15 Å². The molecule has 0 unspecified atom stereocenters. The molecule has 4 heteroatoms. The predicted molar refractivity (Wildman–Crippen MR) is 93.1 cm³/mol. The minimum absolute atomic E-state index is 0.0772. The van der Waals surface area contributed by atoms with Gasteiger partial charge in [-0.25, -0.2) is 4.98 Å². The molecule has 22 heavy (non-hydrogen) atoms. The van der Waals surface area contributed by atoms with Crippen LogP contribution in [-0.2, 0) is 4.79 Å². The molecule has 3 nitrogen and oxygen atoms in total. The van der Waals surface area contributed by atoms with Crippen molar-refractivity contribution < 1.29 is 4.79 Å². The van der Waals surface area contributed by atoms with Crippen LogP contribution in [0.5, 0.6) is 0 Å². The number of carbonyl (C=O) groups excluding carboxylic acids is 1. The van der Waals surface area contributed by atoms with E-state index in [-0.39, 0.29) is 5.78 Å². The Labute approximate surface area is 135 Å². The maximum atomic E-state index is 11.8. The van der Waals surface area contributed by atoms with Gasteiger partial charge in [-0.1, -0.05) is 35.9 Å². The molecule has 0 saturated heterocycles. The molecule has 112 valence electrons. The van der Waals surface area contributed by atoms with E-state index in [9.17, 15) is 4.79 Å². The number of anilines is 1. The second-order valence-electron chi connectivity index (χ2n) is 4.97. The minimum atomic E-state index is -0.0772. The molecule has 0 atom stereocenters. The summed E-state index contributed by atoms with van der Waals surface area (Å²) in [6.45, 7) is 0. The highest BCUT2D eigenvalue weighted by Gasteiger charge is 1.95. The smallest absolute Gasteiger partial charge is 0.178 e. The number of halogens is 1. The molecule has 0 fully saturated rings. The lowest BCUT2D eigenvalue weighted by atomic mass is 10.1. The summed E-state index contributed by atoms with van der Waals surface area (Å²) in [5, 5.41) is 0.435. The molecule has 0 aliphatic rings. The van der Waals surface area contributed by atoms with E-state index >= 15 is 0 Å². The van der Waals surface area contributed by atoms with E-state index in [0.717, 1.165) is 16.8 Å². The quantitative estimate of drug-likeness (QED) is 0.615. The number of pyridine rings is 1. The van der Waals surface area contributed by atoms with Gasteiger partial charge in [-0.15, -0.1) is 0 Å². The molecule has 0 bridgehead atoms. The van der Waals surface area contributed by atoms with Gasteiger partial charge in [0.15, 0.2) is 5.78 Å². The van der Waals surface area contributed by atoms with E-state index in [1.807, 2.05) is 49.3 Å². The highest BCUT2D eigenvalue weighted by atomic mass is 35.5. The number of carbonyl (C=O) groups is 1. The Morgan fingerprint density at radius 3 is 2.14 bits per heavy atom. The first-order chi connectivity index (χ1) is 10.5. The lowest BCUT2D eigenvalue weighted by Crippen LogP contribution is -2.07. The fraction of sp³-hybridized carbons (Fsp3) is 0.111. The normalized spacial score (nSPS) is 11.2. The largest absolute Gasteiger partial charge is 0.378 e. The van der Waals surface area contributed by atoms with E-state index < -0.39 is 0 Å². The Kier molecular flexibility index (Phi) is 5.50. The van der Waals surface area contributed by atoms with Gasteiger partial charge in [-0.3, -0.25) is 4.79 Å².